The Hall–Kier alpha value is -6.37. The summed E-state index contributed by atoms with van der Waals surface area (Å²) in [7, 11) is 0. The molecule has 9 aromatic rings. The highest BCUT2D eigenvalue weighted by Crippen LogP contribution is 2.41. The predicted octanol–water partition coefficient (Wildman–Crippen LogP) is 11.0. The molecule has 0 atom stereocenters. The minimum atomic E-state index is 0.636. The third kappa shape index (κ3) is 5.54. The van der Waals surface area contributed by atoms with Crippen molar-refractivity contribution in [3.05, 3.63) is 164 Å². The number of benzene rings is 6. The van der Waals surface area contributed by atoms with Crippen LogP contribution in [0.5, 0.6) is 0 Å². The second-order valence-corrected chi connectivity index (χ2v) is 12.8. The van der Waals surface area contributed by atoms with Gasteiger partial charge < -0.3 is 0 Å². The average Bonchev–Trinajstić information content (AvgIpc) is 3.57. The lowest BCUT2D eigenvalue weighted by molar-refractivity contribution is 1.07. The summed E-state index contributed by atoms with van der Waals surface area (Å²) in [5.41, 5.74) is 7.73. The first kappa shape index (κ1) is 28.8. The smallest absolute Gasteiger partial charge is 0.164 e. The molecular formula is C43H27N5S. The van der Waals surface area contributed by atoms with Gasteiger partial charge in [0.25, 0.3) is 0 Å². The Labute approximate surface area is 287 Å². The first-order valence-electron chi connectivity index (χ1n) is 16.1. The molecule has 5 nitrogen and oxygen atoms in total. The highest BCUT2D eigenvalue weighted by atomic mass is 32.1. The van der Waals surface area contributed by atoms with E-state index in [1.54, 1.807) is 11.3 Å². The summed E-state index contributed by atoms with van der Waals surface area (Å²) in [4.78, 5) is 25.1. The highest BCUT2D eigenvalue weighted by molar-refractivity contribution is 7.26. The fourth-order valence-corrected chi connectivity index (χ4v) is 7.32. The van der Waals surface area contributed by atoms with Crippen molar-refractivity contribution in [1.29, 1.82) is 0 Å². The maximum absolute atomic E-state index is 5.13. The zero-order valence-corrected chi connectivity index (χ0v) is 27.0. The van der Waals surface area contributed by atoms with Gasteiger partial charge in [-0.15, -0.1) is 11.3 Å². The van der Waals surface area contributed by atoms with Crippen LogP contribution in [0.1, 0.15) is 0 Å². The molecule has 0 N–H and O–H groups in total. The molecule has 49 heavy (non-hydrogen) atoms. The van der Waals surface area contributed by atoms with Crippen molar-refractivity contribution < 1.29 is 0 Å². The second kappa shape index (κ2) is 12.3. The Balaban J connectivity index is 1.20. The molecule has 0 fully saturated rings. The zero-order valence-electron chi connectivity index (χ0n) is 26.2. The quantitative estimate of drug-likeness (QED) is 0.180. The molecule has 0 bridgehead atoms. The van der Waals surface area contributed by atoms with E-state index in [-0.39, 0.29) is 0 Å². The fraction of sp³-hybridized carbons (Fsp3) is 0. The van der Waals surface area contributed by atoms with Crippen molar-refractivity contribution in [2.45, 2.75) is 0 Å². The molecule has 0 spiro atoms. The number of rotatable bonds is 6. The van der Waals surface area contributed by atoms with E-state index in [1.165, 1.54) is 4.70 Å². The Morgan fingerprint density at radius 1 is 0.327 bits per heavy atom. The van der Waals surface area contributed by atoms with Crippen LogP contribution in [0.25, 0.3) is 88.2 Å². The monoisotopic (exact) mass is 645 g/mol. The number of hydrogen-bond donors (Lipinski definition) is 0. The van der Waals surface area contributed by atoms with Gasteiger partial charge in [-0.3, -0.25) is 0 Å². The highest BCUT2D eigenvalue weighted by Gasteiger charge is 2.17. The standard InChI is InChI=1S/C43H27N5S/c1-5-14-28(15-6-1)36-27-37(29-16-7-2-8-17-29)45-43(44-36)34-23-13-22-33-35-26-32(24-25-38(35)49-39(33)34)42-47-40(30-18-9-3-10-19-30)46-41(48-42)31-20-11-4-12-21-31/h1-27H. The molecule has 0 aliphatic carbocycles. The van der Waals surface area contributed by atoms with Gasteiger partial charge in [0.15, 0.2) is 23.3 Å². The molecule has 9 rings (SSSR count). The van der Waals surface area contributed by atoms with Crippen LogP contribution in [-0.4, -0.2) is 24.9 Å². The van der Waals surface area contributed by atoms with E-state index in [9.17, 15) is 0 Å². The van der Waals surface area contributed by atoms with Gasteiger partial charge in [0.2, 0.25) is 0 Å². The van der Waals surface area contributed by atoms with Gasteiger partial charge in [-0.2, -0.15) is 0 Å². The summed E-state index contributed by atoms with van der Waals surface area (Å²) in [6.45, 7) is 0. The van der Waals surface area contributed by atoms with E-state index >= 15 is 0 Å². The van der Waals surface area contributed by atoms with Gasteiger partial charge in [0, 0.05) is 53.6 Å². The number of nitrogens with zero attached hydrogens (tertiary/aromatic N) is 5. The lowest BCUT2D eigenvalue weighted by Crippen LogP contribution is -2.00. The third-order valence-corrected chi connectivity index (χ3v) is 9.78. The summed E-state index contributed by atoms with van der Waals surface area (Å²) in [6, 6.07) is 55.7. The fourth-order valence-electron chi connectivity index (χ4n) is 6.13. The van der Waals surface area contributed by atoms with E-state index in [2.05, 4.69) is 66.7 Å². The number of fused-ring (bicyclic) bond motifs is 3. The largest absolute Gasteiger partial charge is 0.228 e. The van der Waals surface area contributed by atoms with Crippen LogP contribution < -0.4 is 0 Å². The van der Waals surface area contributed by atoms with Crippen molar-refractivity contribution in [2.24, 2.45) is 0 Å². The summed E-state index contributed by atoms with van der Waals surface area (Å²) >= 11 is 1.76. The van der Waals surface area contributed by atoms with Crippen LogP contribution in [0.4, 0.5) is 0 Å². The summed E-state index contributed by atoms with van der Waals surface area (Å²) < 4.78 is 2.32. The van der Waals surface area contributed by atoms with Gasteiger partial charge in [-0.05, 0) is 30.3 Å². The van der Waals surface area contributed by atoms with Gasteiger partial charge >= 0.3 is 0 Å². The molecule has 0 aliphatic heterocycles. The van der Waals surface area contributed by atoms with Gasteiger partial charge in [-0.1, -0.05) is 133 Å². The third-order valence-electron chi connectivity index (χ3n) is 8.56. The zero-order chi connectivity index (χ0) is 32.6. The number of thiophene rings is 1. The molecule has 230 valence electrons. The van der Waals surface area contributed by atoms with Crippen molar-refractivity contribution in [3.63, 3.8) is 0 Å². The average molecular weight is 646 g/mol. The Kier molecular flexibility index (Phi) is 7.26. The van der Waals surface area contributed by atoms with Gasteiger partial charge in [-0.25, -0.2) is 24.9 Å². The van der Waals surface area contributed by atoms with E-state index in [1.807, 2.05) is 97.1 Å². The van der Waals surface area contributed by atoms with E-state index in [4.69, 9.17) is 24.9 Å². The van der Waals surface area contributed by atoms with E-state index in [0.717, 1.165) is 60.2 Å². The van der Waals surface area contributed by atoms with Crippen molar-refractivity contribution >= 4 is 31.5 Å². The SMILES string of the molecule is c1ccc(-c2cc(-c3ccccc3)nc(-c3cccc4c3sc3ccc(-c5nc(-c6ccccc6)nc(-c6ccccc6)n5)cc34)n2)cc1. The molecule has 0 amide bonds. The van der Waals surface area contributed by atoms with Crippen LogP contribution in [0.15, 0.2) is 164 Å². The van der Waals surface area contributed by atoms with Gasteiger partial charge in [0.1, 0.15) is 0 Å². The minimum Gasteiger partial charge on any atom is -0.228 e. The lowest BCUT2D eigenvalue weighted by atomic mass is 10.0. The van der Waals surface area contributed by atoms with E-state index < -0.39 is 0 Å². The molecule has 6 heteroatoms. The van der Waals surface area contributed by atoms with Crippen LogP contribution in [0.2, 0.25) is 0 Å². The second-order valence-electron chi connectivity index (χ2n) is 11.7. The molecule has 3 heterocycles. The molecule has 6 aromatic carbocycles. The summed E-state index contributed by atoms with van der Waals surface area (Å²) in [6.07, 6.45) is 0. The minimum absolute atomic E-state index is 0.636. The molecule has 3 aromatic heterocycles. The van der Waals surface area contributed by atoms with Crippen LogP contribution in [-0.2, 0) is 0 Å². The Bertz CT molecular complexity index is 2470. The first-order valence-corrected chi connectivity index (χ1v) is 16.9. The molecule has 0 radical (unpaired) electrons. The molecule has 0 aliphatic rings. The normalized spacial score (nSPS) is 11.3. The molecule has 0 saturated carbocycles. The van der Waals surface area contributed by atoms with Crippen LogP contribution in [0, 0.1) is 0 Å². The lowest BCUT2D eigenvalue weighted by Gasteiger charge is -2.10. The number of hydrogen-bond acceptors (Lipinski definition) is 6. The Morgan fingerprint density at radius 2 is 0.816 bits per heavy atom. The van der Waals surface area contributed by atoms with Crippen LogP contribution in [0.3, 0.4) is 0 Å². The molecular weight excluding hydrogens is 619 g/mol. The molecule has 0 saturated heterocycles. The van der Waals surface area contributed by atoms with E-state index in [0.29, 0.717) is 23.3 Å². The summed E-state index contributed by atoms with van der Waals surface area (Å²) in [5, 5.41) is 2.29. The Morgan fingerprint density at radius 3 is 1.35 bits per heavy atom. The van der Waals surface area contributed by atoms with Gasteiger partial charge in [0.05, 0.1) is 11.4 Å². The number of aromatic nitrogens is 5. The topological polar surface area (TPSA) is 64.5 Å². The first-order chi connectivity index (χ1) is 24.3. The predicted molar refractivity (Wildman–Crippen MR) is 201 cm³/mol. The maximum Gasteiger partial charge on any atom is 0.164 e. The summed E-state index contributed by atoms with van der Waals surface area (Å²) in [5.74, 6) is 2.63. The maximum atomic E-state index is 5.13. The van der Waals surface area contributed by atoms with Crippen LogP contribution >= 0.6 is 11.3 Å². The van der Waals surface area contributed by atoms with Crippen molar-refractivity contribution in [2.75, 3.05) is 0 Å². The van der Waals surface area contributed by atoms with Crippen molar-refractivity contribution in [3.8, 4) is 68.1 Å². The molecule has 0 unspecified atom stereocenters. The van der Waals surface area contributed by atoms with Crippen molar-refractivity contribution in [1.82, 2.24) is 24.9 Å².